The molecule has 0 amide bonds. The van der Waals surface area contributed by atoms with Gasteiger partial charge in [0.2, 0.25) is 0 Å². The molecule has 0 heterocycles. The smallest absolute Gasteiger partial charge is 0.120 e. The summed E-state index contributed by atoms with van der Waals surface area (Å²) in [5, 5.41) is 11.5. The van der Waals surface area contributed by atoms with E-state index in [1.54, 1.807) is 0 Å². The van der Waals surface area contributed by atoms with Crippen molar-refractivity contribution >= 4 is 0 Å². The van der Waals surface area contributed by atoms with Crippen LogP contribution in [-0.4, -0.2) is 17.3 Å². The lowest BCUT2D eigenvalue weighted by Gasteiger charge is -2.52. The Bertz CT molecular complexity index is 1140. The molecule has 0 saturated heterocycles. The van der Waals surface area contributed by atoms with Crippen LogP contribution in [0.5, 0.6) is 5.75 Å². The first-order chi connectivity index (χ1) is 17.1. The third-order valence-electron chi connectivity index (χ3n) is 9.13. The van der Waals surface area contributed by atoms with E-state index < -0.39 is 0 Å². The second-order valence-electron chi connectivity index (χ2n) is 11.1. The van der Waals surface area contributed by atoms with Gasteiger partial charge in [-0.25, -0.2) is 0 Å². The van der Waals surface area contributed by atoms with Gasteiger partial charge in [-0.3, -0.25) is 0 Å². The Morgan fingerprint density at radius 3 is 2.31 bits per heavy atom. The van der Waals surface area contributed by atoms with Gasteiger partial charge in [-0.05, 0) is 83.7 Å². The van der Waals surface area contributed by atoms with E-state index in [1.165, 1.54) is 28.7 Å². The van der Waals surface area contributed by atoms with Crippen LogP contribution in [0.1, 0.15) is 60.8 Å². The minimum atomic E-state index is -0.322. The van der Waals surface area contributed by atoms with E-state index in [1.807, 2.05) is 24.3 Å². The van der Waals surface area contributed by atoms with Crippen molar-refractivity contribution in [2.24, 2.45) is 17.3 Å². The van der Waals surface area contributed by atoms with Crippen LogP contribution < -0.4 is 4.74 Å². The zero-order valence-electron chi connectivity index (χ0n) is 20.6. The molecule has 3 aromatic carbocycles. The molecule has 2 saturated carbocycles. The molecule has 0 radical (unpaired) electrons. The highest BCUT2D eigenvalue weighted by Gasteiger charge is 2.58. The molecule has 1 N–H and O–H groups in total. The maximum Gasteiger partial charge on any atom is 0.120 e. The van der Waals surface area contributed by atoms with Gasteiger partial charge in [0.25, 0.3) is 0 Å². The summed E-state index contributed by atoms with van der Waals surface area (Å²) in [6.45, 7) is 3.63. The third-order valence-corrected chi connectivity index (χ3v) is 9.13. The van der Waals surface area contributed by atoms with Crippen molar-refractivity contribution < 1.29 is 14.6 Å². The zero-order valence-corrected chi connectivity index (χ0v) is 20.6. The Kier molecular flexibility index (Phi) is 6.16. The van der Waals surface area contributed by atoms with Gasteiger partial charge < -0.3 is 14.6 Å². The highest BCUT2D eigenvalue weighted by molar-refractivity contribution is 5.41. The summed E-state index contributed by atoms with van der Waals surface area (Å²) in [6, 6.07) is 27.3. The van der Waals surface area contributed by atoms with Crippen molar-refractivity contribution in [3.63, 3.8) is 0 Å². The Labute approximate surface area is 209 Å². The number of rotatable bonds is 6. The first kappa shape index (κ1) is 22.8. The van der Waals surface area contributed by atoms with Crippen LogP contribution in [0, 0.1) is 17.3 Å². The Morgan fingerprint density at radius 1 is 0.857 bits per heavy atom. The average molecular weight is 469 g/mol. The Balaban J connectivity index is 1.17. The van der Waals surface area contributed by atoms with Crippen LogP contribution in [0.15, 0.2) is 78.9 Å². The fourth-order valence-electron chi connectivity index (χ4n) is 7.47. The third kappa shape index (κ3) is 4.30. The number of fused-ring (bicyclic) bond motifs is 5. The van der Waals surface area contributed by atoms with E-state index in [0.29, 0.717) is 25.0 Å². The van der Waals surface area contributed by atoms with Gasteiger partial charge in [0, 0.05) is 5.92 Å². The maximum absolute atomic E-state index is 11.5. The van der Waals surface area contributed by atoms with Crippen LogP contribution >= 0.6 is 0 Å². The number of hydrogen-bond acceptors (Lipinski definition) is 3. The topological polar surface area (TPSA) is 38.7 Å². The van der Waals surface area contributed by atoms with Gasteiger partial charge in [-0.15, -0.1) is 0 Å². The summed E-state index contributed by atoms with van der Waals surface area (Å²) in [4.78, 5) is 0. The van der Waals surface area contributed by atoms with Crippen LogP contribution in [0.3, 0.4) is 0 Å². The highest BCUT2D eigenvalue weighted by atomic mass is 16.5. The van der Waals surface area contributed by atoms with Gasteiger partial charge in [0.05, 0.1) is 18.8 Å². The summed E-state index contributed by atoms with van der Waals surface area (Å²) in [6.07, 6.45) is 5.23. The number of aliphatic hydroxyl groups is 1. The lowest BCUT2D eigenvalue weighted by molar-refractivity contribution is -0.106. The van der Waals surface area contributed by atoms with Crippen molar-refractivity contribution in [1.29, 1.82) is 0 Å². The van der Waals surface area contributed by atoms with Crippen LogP contribution in [0.2, 0.25) is 0 Å². The van der Waals surface area contributed by atoms with E-state index in [4.69, 9.17) is 9.47 Å². The monoisotopic (exact) mass is 468 g/mol. The lowest BCUT2D eigenvalue weighted by atomic mass is 9.54. The molecule has 0 aromatic heterocycles. The largest absolute Gasteiger partial charge is 0.489 e. The maximum atomic E-state index is 11.5. The molecule has 3 aliphatic rings. The van der Waals surface area contributed by atoms with E-state index in [-0.39, 0.29) is 23.5 Å². The fraction of sp³-hybridized carbons (Fsp3) is 0.438. The van der Waals surface area contributed by atoms with Crippen molar-refractivity contribution in [3.05, 3.63) is 101 Å². The first-order valence-electron chi connectivity index (χ1n) is 13.2. The molecule has 6 rings (SSSR count). The molecule has 35 heavy (non-hydrogen) atoms. The molecule has 3 heteroatoms. The van der Waals surface area contributed by atoms with E-state index in [9.17, 15) is 5.11 Å². The zero-order chi connectivity index (χ0) is 23.8. The van der Waals surface area contributed by atoms with Crippen molar-refractivity contribution in [1.82, 2.24) is 0 Å². The second-order valence-corrected chi connectivity index (χ2v) is 11.1. The first-order valence-corrected chi connectivity index (χ1v) is 13.2. The van der Waals surface area contributed by atoms with Gasteiger partial charge >= 0.3 is 0 Å². The SMILES string of the molecule is C[C@]12C[C@@H](O)C3c4ccc(OCc5ccccc5)cc4CCC3C1CC[C@@H]2OCc1ccccc1. The Morgan fingerprint density at radius 2 is 1.57 bits per heavy atom. The van der Waals surface area contributed by atoms with Gasteiger partial charge in [-0.1, -0.05) is 73.7 Å². The number of benzene rings is 3. The predicted octanol–water partition coefficient (Wildman–Crippen LogP) is 6.68. The molecule has 3 aliphatic carbocycles. The van der Waals surface area contributed by atoms with Crippen molar-refractivity contribution in [2.45, 2.75) is 70.4 Å². The lowest BCUT2D eigenvalue weighted by Crippen LogP contribution is -2.50. The quantitative estimate of drug-likeness (QED) is 0.439. The molecule has 3 unspecified atom stereocenters. The number of aryl methyl sites for hydroxylation is 1. The van der Waals surface area contributed by atoms with E-state index >= 15 is 0 Å². The predicted molar refractivity (Wildman–Crippen MR) is 138 cm³/mol. The molecule has 182 valence electrons. The Hall–Kier alpha value is -2.62. The van der Waals surface area contributed by atoms with Crippen molar-refractivity contribution in [3.8, 4) is 5.75 Å². The minimum Gasteiger partial charge on any atom is -0.489 e. The van der Waals surface area contributed by atoms with E-state index in [0.717, 1.165) is 31.4 Å². The minimum absolute atomic E-state index is 0.0472. The molecule has 0 spiro atoms. The molecule has 0 bridgehead atoms. The molecule has 6 atom stereocenters. The summed E-state index contributed by atoms with van der Waals surface area (Å²) in [5.74, 6) is 2.29. The van der Waals surface area contributed by atoms with Crippen LogP contribution in [-0.2, 0) is 24.4 Å². The molecule has 3 nitrogen and oxygen atoms in total. The molecule has 2 fully saturated rings. The number of ether oxygens (including phenoxy) is 2. The molecule has 0 aliphatic heterocycles. The van der Waals surface area contributed by atoms with Gasteiger partial charge in [0.1, 0.15) is 12.4 Å². The van der Waals surface area contributed by atoms with Crippen molar-refractivity contribution in [2.75, 3.05) is 0 Å². The highest BCUT2D eigenvalue weighted by Crippen LogP contribution is 2.61. The summed E-state index contributed by atoms with van der Waals surface area (Å²) < 4.78 is 12.6. The second kappa shape index (κ2) is 9.44. The average Bonchev–Trinajstić information content (AvgIpc) is 3.22. The van der Waals surface area contributed by atoms with Gasteiger partial charge in [-0.2, -0.15) is 0 Å². The van der Waals surface area contributed by atoms with Gasteiger partial charge in [0.15, 0.2) is 0 Å². The molecular weight excluding hydrogens is 432 g/mol. The standard InChI is InChI=1S/C32H36O3/c1-32-19-29(33)31-26-15-13-25(34-20-22-8-4-2-5-9-22)18-24(26)12-14-27(31)28(32)16-17-30(32)35-21-23-10-6-3-7-11-23/h2-11,13,15,18,27-31,33H,12,14,16-17,19-21H2,1H3/t27?,28?,29-,30+,31?,32+/m1/s1. The summed E-state index contributed by atoms with van der Waals surface area (Å²) in [5.41, 5.74) is 5.15. The number of aliphatic hydroxyl groups excluding tert-OH is 1. The molecular formula is C32H36O3. The van der Waals surface area contributed by atoms with Crippen LogP contribution in [0.4, 0.5) is 0 Å². The molecule has 3 aromatic rings. The summed E-state index contributed by atoms with van der Waals surface area (Å²) >= 11 is 0. The van der Waals surface area contributed by atoms with Crippen LogP contribution in [0.25, 0.3) is 0 Å². The van der Waals surface area contributed by atoms with E-state index in [2.05, 4.69) is 61.5 Å². The summed E-state index contributed by atoms with van der Waals surface area (Å²) in [7, 11) is 0. The normalized spacial score (nSPS) is 31.3. The fourth-order valence-corrected chi connectivity index (χ4v) is 7.47. The number of hydrogen-bond donors (Lipinski definition) is 1.